The van der Waals surface area contributed by atoms with Crippen molar-refractivity contribution in [2.45, 2.75) is 0 Å². The van der Waals surface area contributed by atoms with Gasteiger partial charge in [0.1, 0.15) is 0 Å². The predicted octanol–water partition coefficient (Wildman–Crippen LogP) is 3.17. The molecule has 4 heterocycles. The van der Waals surface area contributed by atoms with E-state index in [2.05, 4.69) is 129 Å². The SMILES string of the molecule is Clc1nc2n(n1)c1nc(Cl)nn1c1nc(-c3ccc[c]([Ge]([c]4ccccc4)([c]4ccccc4)[c]4ccccc4)c3)nn21. The van der Waals surface area contributed by atoms with Gasteiger partial charge in [0, 0.05) is 0 Å². The molecule has 0 radical (unpaired) electrons. The quantitative estimate of drug-likeness (QED) is 0.267. The molecule has 8 rings (SSSR count). The third-order valence-corrected chi connectivity index (χ3v) is 17.8. The Hall–Kier alpha value is -4.58. The fourth-order valence-corrected chi connectivity index (χ4v) is 16.1. The van der Waals surface area contributed by atoms with Crippen molar-refractivity contribution in [2.24, 2.45) is 0 Å². The first kappa shape index (κ1) is 25.2. The molecular weight excluding hydrogens is 630 g/mol. The van der Waals surface area contributed by atoms with Crippen molar-refractivity contribution in [3.63, 3.8) is 0 Å². The molecule has 42 heavy (non-hydrogen) atoms. The molecule has 9 nitrogen and oxygen atoms in total. The van der Waals surface area contributed by atoms with E-state index in [9.17, 15) is 0 Å². The second kappa shape index (κ2) is 9.76. The number of fused-ring (bicyclic) bond motifs is 6. The molecule has 0 N–H and O–H groups in total. The van der Waals surface area contributed by atoms with Gasteiger partial charge in [0.2, 0.25) is 0 Å². The van der Waals surface area contributed by atoms with Crippen LogP contribution in [-0.4, -0.2) is 57.1 Å². The van der Waals surface area contributed by atoms with E-state index in [0.717, 1.165) is 5.56 Å². The molecule has 202 valence electrons. The van der Waals surface area contributed by atoms with Crippen molar-refractivity contribution in [1.82, 2.24) is 43.8 Å². The zero-order valence-electron chi connectivity index (χ0n) is 21.8. The van der Waals surface area contributed by atoms with E-state index in [1.807, 2.05) is 6.07 Å². The van der Waals surface area contributed by atoms with Gasteiger partial charge < -0.3 is 0 Å². The van der Waals surface area contributed by atoms with E-state index in [-0.39, 0.29) is 10.6 Å². The fourth-order valence-electron chi connectivity index (χ4n) is 5.75. The van der Waals surface area contributed by atoms with Gasteiger partial charge in [-0.2, -0.15) is 0 Å². The minimum atomic E-state index is -3.48. The van der Waals surface area contributed by atoms with E-state index in [1.54, 1.807) is 4.52 Å². The molecular formula is C30H19Cl2GeN9. The van der Waals surface area contributed by atoms with Gasteiger partial charge >= 0.3 is 252 Å². The number of rotatable bonds is 5. The third kappa shape index (κ3) is 3.78. The van der Waals surface area contributed by atoms with Crippen molar-refractivity contribution in [1.29, 1.82) is 0 Å². The first-order valence-electron chi connectivity index (χ1n) is 13.1. The Morgan fingerprint density at radius 3 is 1.38 bits per heavy atom. The van der Waals surface area contributed by atoms with E-state index >= 15 is 0 Å². The predicted molar refractivity (Wildman–Crippen MR) is 165 cm³/mol. The van der Waals surface area contributed by atoms with Crippen molar-refractivity contribution in [3.8, 4) is 11.4 Å². The monoisotopic (exact) mass is 649 g/mol. The summed E-state index contributed by atoms with van der Waals surface area (Å²) in [6, 6.07) is 41.0. The summed E-state index contributed by atoms with van der Waals surface area (Å²) in [4.78, 5) is 13.5. The summed E-state index contributed by atoms with van der Waals surface area (Å²) in [6.45, 7) is 0. The summed E-state index contributed by atoms with van der Waals surface area (Å²) in [5.41, 5.74) is 0.858. The normalized spacial score (nSPS) is 12.0. The van der Waals surface area contributed by atoms with Gasteiger partial charge in [-0.25, -0.2) is 0 Å². The van der Waals surface area contributed by atoms with E-state index < -0.39 is 13.3 Å². The van der Waals surface area contributed by atoms with Gasteiger partial charge in [0.15, 0.2) is 0 Å². The van der Waals surface area contributed by atoms with Gasteiger partial charge in [0.05, 0.1) is 0 Å². The summed E-state index contributed by atoms with van der Waals surface area (Å²) >= 11 is 8.86. The Labute approximate surface area is 251 Å². The van der Waals surface area contributed by atoms with Crippen LogP contribution in [0.25, 0.3) is 28.7 Å². The average molecular weight is 649 g/mol. The Morgan fingerprint density at radius 1 is 0.452 bits per heavy atom. The van der Waals surface area contributed by atoms with Crippen LogP contribution < -0.4 is 17.6 Å². The van der Waals surface area contributed by atoms with Gasteiger partial charge in [-0.3, -0.25) is 0 Å². The maximum atomic E-state index is 6.17. The maximum absolute atomic E-state index is 6.17. The molecule has 0 aliphatic carbocycles. The summed E-state index contributed by atoms with van der Waals surface area (Å²) in [5.74, 6) is 1.58. The molecule has 0 saturated carbocycles. The molecule has 12 heteroatoms. The molecule has 4 aromatic heterocycles. The van der Waals surface area contributed by atoms with Gasteiger partial charge in [0.25, 0.3) is 0 Å². The zero-order valence-corrected chi connectivity index (χ0v) is 25.4. The third-order valence-electron chi connectivity index (χ3n) is 7.46. The summed E-state index contributed by atoms with van der Waals surface area (Å²) in [6.07, 6.45) is 0. The molecule has 4 aromatic carbocycles. The minimum absolute atomic E-state index is 0.0500. The number of hydrogen-bond acceptors (Lipinski definition) is 6. The van der Waals surface area contributed by atoms with Crippen LogP contribution in [0.5, 0.6) is 0 Å². The van der Waals surface area contributed by atoms with Crippen LogP contribution in [0.4, 0.5) is 0 Å². The summed E-state index contributed by atoms with van der Waals surface area (Å²) < 4.78 is 9.72. The molecule has 0 saturated heterocycles. The van der Waals surface area contributed by atoms with Crippen molar-refractivity contribution >= 4 is 71.4 Å². The summed E-state index contributed by atoms with van der Waals surface area (Å²) in [7, 11) is 0. The average Bonchev–Trinajstić information content (AvgIpc) is 3.76. The molecule has 0 unspecified atom stereocenters. The van der Waals surface area contributed by atoms with Crippen molar-refractivity contribution in [2.75, 3.05) is 0 Å². The van der Waals surface area contributed by atoms with E-state index in [4.69, 9.17) is 33.3 Å². The number of benzene rings is 4. The number of halogens is 2. The Bertz CT molecular complexity index is 2060. The van der Waals surface area contributed by atoms with Crippen LogP contribution in [0.1, 0.15) is 0 Å². The van der Waals surface area contributed by atoms with Crippen LogP contribution in [0, 0.1) is 0 Å². The standard InChI is InChI=1S/C30H19Cl2GeN9/c31-26-35-29-40-28(41-30(42(29)39-26)36-27(32)38-41)34-25(37-40)20-11-10-18-24(19-20)33(21-12-4-1-5-13-21,22-14-6-2-7-15-22)23-16-8-3-9-17-23/h1-19H. The second-order valence-electron chi connectivity index (χ2n) is 9.76. The Kier molecular flexibility index (Phi) is 5.85. The first-order valence-corrected chi connectivity index (χ1v) is 18.1. The molecule has 0 spiro atoms. The van der Waals surface area contributed by atoms with Crippen LogP contribution in [0.15, 0.2) is 115 Å². The van der Waals surface area contributed by atoms with Gasteiger partial charge in [-0.05, 0) is 0 Å². The van der Waals surface area contributed by atoms with Crippen molar-refractivity contribution < 1.29 is 0 Å². The zero-order chi connectivity index (χ0) is 28.3. The van der Waals surface area contributed by atoms with E-state index in [1.165, 1.54) is 26.6 Å². The molecule has 8 aromatic rings. The topological polar surface area (TPSA) is 90.6 Å². The molecule has 0 bridgehead atoms. The number of hydrogen-bond donors (Lipinski definition) is 0. The molecule has 0 aliphatic heterocycles. The second-order valence-corrected chi connectivity index (χ2v) is 18.4. The van der Waals surface area contributed by atoms with Crippen LogP contribution >= 0.6 is 23.2 Å². The molecule has 0 atom stereocenters. The first-order chi connectivity index (χ1) is 20.6. The van der Waals surface area contributed by atoms with Gasteiger partial charge in [-0.1, -0.05) is 0 Å². The van der Waals surface area contributed by atoms with Crippen LogP contribution in [0.3, 0.4) is 0 Å². The van der Waals surface area contributed by atoms with Crippen LogP contribution in [0.2, 0.25) is 10.6 Å². The number of aromatic nitrogens is 9. The Balaban J connectivity index is 1.41. The van der Waals surface area contributed by atoms with Crippen LogP contribution in [-0.2, 0) is 0 Å². The molecule has 0 aliphatic rings. The number of nitrogens with zero attached hydrogens (tertiary/aromatic N) is 9. The van der Waals surface area contributed by atoms with Gasteiger partial charge in [-0.15, -0.1) is 0 Å². The van der Waals surface area contributed by atoms with Crippen molar-refractivity contribution in [3.05, 3.63) is 126 Å². The molecule has 0 fully saturated rings. The fraction of sp³-hybridized carbons (Fsp3) is 0. The van der Waals surface area contributed by atoms with E-state index in [0.29, 0.717) is 23.2 Å². The Morgan fingerprint density at radius 2 is 0.881 bits per heavy atom. The molecule has 0 amide bonds. The summed E-state index contributed by atoms with van der Waals surface area (Å²) in [5, 5.41) is 13.5.